The number of amides is 2. The fourth-order valence-electron chi connectivity index (χ4n) is 3.74. The molecular formula is C28H30BrCl2N3O4S. The van der Waals surface area contributed by atoms with Crippen molar-refractivity contribution < 1.29 is 18.0 Å². The minimum Gasteiger partial charge on any atom is -0.354 e. The van der Waals surface area contributed by atoms with E-state index >= 15 is 0 Å². The van der Waals surface area contributed by atoms with Gasteiger partial charge in [-0.15, -0.1) is 0 Å². The van der Waals surface area contributed by atoms with Crippen LogP contribution in [0.2, 0.25) is 10.0 Å². The molecule has 11 heteroatoms. The van der Waals surface area contributed by atoms with Crippen molar-refractivity contribution >= 4 is 66.7 Å². The summed E-state index contributed by atoms with van der Waals surface area (Å²) in [6.07, 6.45) is 0. The van der Waals surface area contributed by atoms with Gasteiger partial charge in [-0.3, -0.25) is 13.9 Å². The molecule has 0 saturated heterocycles. The lowest BCUT2D eigenvalue weighted by Gasteiger charge is -2.32. The summed E-state index contributed by atoms with van der Waals surface area (Å²) >= 11 is 16.1. The second-order valence-corrected chi connectivity index (χ2v) is 12.9. The number of rotatable bonds is 11. The zero-order valence-electron chi connectivity index (χ0n) is 21.8. The van der Waals surface area contributed by atoms with Gasteiger partial charge in [0.25, 0.3) is 10.0 Å². The van der Waals surface area contributed by atoms with Gasteiger partial charge >= 0.3 is 0 Å². The van der Waals surface area contributed by atoms with Gasteiger partial charge in [0, 0.05) is 17.6 Å². The van der Waals surface area contributed by atoms with E-state index in [9.17, 15) is 18.0 Å². The van der Waals surface area contributed by atoms with Crippen LogP contribution in [0.25, 0.3) is 0 Å². The van der Waals surface area contributed by atoms with Crippen LogP contribution in [0.15, 0.2) is 82.2 Å². The van der Waals surface area contributed by atoms with E-state index in [1.807, 2.05) is 38.1 Å². The zero-order valence-corrected chi connectivity index (χ0v) is 25.7. The third-order valence-corrected chi connectivity index (χ3v) is 9.04. The Hall–Kier alpha value is -2.59. The molecule has 0 spiro atoms. The number of benzene rings is 3. The normalized spacial score (nSPS) is 12.2. The minimum atomic E-state index is -4.23. The van der Waals surface area contributed by atoms with Crippen molar-refractivity contribution in [1.29, 1.82) is 0 Å². The second kappa shape index (κ2) is 13.7. The fraction of sp³-hybridized carbons (Fsp3) is 0.286. The molecule has 0 fully saturated rings. The van der Waals surface area contributed by atoms with E-state index in [0.717, 1.165) is 14.3 Å². The molecule has 0 saturated carbocycles. The van der Waals surface area contributed by atoms with Crippen LogP contribution in [0.5, 0.6) is 0 Å². The van der Waals surface area contributed by atoms with Crippen LogP contribution in [-0.2, 0) is 26.2 Å². The Balaban J connectivity index is 2.04. The van der Waals surface area contributed by atoms with E-state index in [0.29, 0.717) is 6.54 Å². The lowest BCUT2D eigenvalue weighted by molar-refractivity contribution is -0.139. The molecule has 2 amide bonds. The Morgan fingerprint density at radius 2 is 1.56 bits per heavy atom. The molecule has 0 aromatic heterocycles. The quantitative estimate of drug-likeness (QED) is 0.269. The maximum Gasteiger partial charge on any atom is 0.264 e. The number of halogens is 3. The molecule has 0 aliphatic heterocycles. The molecule has 0 radical (unpaired) electrons. The van der Waals surface area contributed by atoms with Crippen molar-refractivity contribution in [2.75, 3.05) is 17.4 Å². The van der Waals surface area contributed by atoms with Crippen LogP contribution in [0, 0.1) is 5.92 Å². The lowest BCUT2D eigenvalue weighted by Crippen LogP contribution is -2.51. The van der Waals surface area contributed by atoms with Crippen LogP contribution >= 0.6 is 39.1 Å². The van der Waals surface area contributed by atoms with Crippen LogP contribution in [0.1, 0.15) is 26.3 Å². The predicted molar refractivity (Wildman–Crippen MR) is 159 cm³/mol. The summed E-state index contributed by atoms with van der Waals surface area (Å²) < 4.78 is 29.4. The van der Waals surface area contributed by atoms with E-state index in [-0.39, 0.29) is 39.0 Å². The molecule has 3 aromatic rings. The highest BCUT2D eigenvalue weighted by atomic mass is 79.9. The van der Waals surface area contributed by atoms with Gasteiger partial charge in [-0.2, -0.15) is 0 Å². The molecule has 0 unspecified atom stereocenters. The number of hydrogen-bond acceptors (Lipinski definition) is 4. The number of anilines is 1. The maximum atomic E-state index is 13.9. The van der Waals surface area contributed by atoms with E-state index < -0.39 is 28.5 Å². The van der Waals surface area contributed by atoms with Gasteiger partial charge in [0.15, 0.2) is 0 Å². The minimum absolute atomic E-state index is 0.00587. The van der Waals surface area contributed by atoms with Crippen LogP contribution in [0.3, 0.4) is 0 Å². The highest BCUT2D eigenvalue weighted by Crippen LogP contribution is 2.35. The van der Waals surface area contributed by atoms with Gasteiger partial charge in [0.2, 0.25) is 11.8 Å². The molecule has 0 heterocycles. The van der Waals surface area contributed by atoms with E-state index in [1.54, 1.807) is 31.2 Å². The van der Waals surface area contributed by atoms with Crippen molar-refractivity contribution in [3.63, 3.8) is 0 Å². The van der Waals surface area contributed by atoms with E-state index in [1.165, 1.54) is 29.2 Å². The standard InChI is InChI=1S/C28H30BrCl2N3O4S/c1-19(2)16-32-28(36)20(3)33(17-21-12-14-22(29)15-13-21)26(35)18-34(25-11-7-10-24(30)27(25)31)39(37,38)23-8-5-4-6-9-23/h4-15,19-20H,16-18H2,1-3H3,(H,32,36)/t20-/m0/s1. The van der Waals surface area contributed by atoms with E-state index in [4.69, 9.17) is 23.2 Å². The van der Waals surface area contributed by atoms with Gasteiger partial charge < -0.3 is 10.2 Å². The lowest BCUT2D eigenvalue weighted by atomic mass is 10.1. The van der Waals surface area contributed by atoms with Crippen LogP contribution in [-0.4, -0.2) is 44.3 Å². The van der Waals surface area contributed by atoms with Gasteiger partial charge in [0.05, 0.1) is 20.6 Å². The Morgan fingerprint density at radius 1 is 0.923 bits per heavy atom. The third kappa shape index (κ3) is 7.97. The predicted octanol–water partition coefficient (Wildman–Crippen LogP) is 6.14. The molecule has 1 atom stereocenters. The molecule has 208 valence electrons. The molecular weight excluding hydrogens is 625 g/mol. The maximum absolute atomic E-state index is 13.9. The summed E-state index contributed by atoms with van der Waals surface area (Å²) in [6, 6.07) is 18.8. The second-order valence-electron chi connectivity index (χ2n) is 9.36. The zero-order chi connectivity index (χ0) is 28.7. The first-order chi connectivity index (χ1) is 18.4. The summed E-state index contributed by atoms with van der Waals surface area (Å²) in [6.45, 7) is 5.49. The Morgan fingerprint density at radius 3 is 2.18 bits per heavy atom. The van der Waals surface area contributed by atoms with Crippen molar-refractivity contribution in [3.05, 3.63) is 92.9 Å². The summed E-state index contributed by atoms with van der Waals surface area (Å²) in [4.78, 5) is 28.3. The molecule has 39 heavy (non-hydrogen) atoms. The Labute approximate surface area is 248 Å². The smallest absolute Gasteiger partial charge is 0.264 e. The summed E-state index contributed by atoms with van der Waals surface area (Å²) in [5, 5.41) is 2.99. The van der Waals surface area contributed by atoms with Crippen molar-refractivity contribution in [3.8, 4) is 0 Å². The monoisotopic (exact) mass is 653 g/mol. The average molecular weight is 655 g/mol. The van der Waals surface area contributed by atoms with Crippen molar-refractivity contribution in [2.24, 2.45) is 5.92 Å². The summed E-state index contributed by atoms with van der Waals surface area (Å²) in [5.74, 6) is -0.707. The van der Waals surface area contributed by atoms with E-state index in [2.05, 4.69) is 21.2 Å². The summed E-state index contributed by atoms with van der Waals surface area (Å²) in [5.41, 5.74) is 0.829. The summed E-state index contributed by atoms with van der Waals surface area (Å²) in [7, 11) is -4.23. The largest absolute Gasteiger partial charge is 0.354 e. The number of sulfonamides is 1. The first-order valence-electron chi connectivity index (χ1n) is 12.2. The number of carbonyl (C=O) groups is 2. The van der Waals surface area contributed by atoms with Gasteiger partial charge in [-0.25, -0.2) is 8.42 Å². The SMILES string of the molecule is CC(C)CNC(=O)[C@H](C)N(Cc1ccc(Br)cc1)C(=O)CN(c1cccc(Cl)c1Cl)S(=O)(=O)c1ccccc1. The van der Waals surface area contributed by atoms with Crippen LogP contribution < -0.4 is 9.62 Å². The fourth-order valence-corrected chi connectivity index (χ4v) is 5.90. The number of nitrogens with zero attached hydrogens (tertiary/aromatic N) is 2. The van der Waals surface area contributed by atoms with Crippen LogP contribution in [0.4, 0.5) is 5.69 Å². The van der Waals surface area contributed by atoms with Gasteiger partial charge in [0.1, 0.15) is 12.6 Å². The molecule has 0 aliphatic rings. The molecule has 7 nitrogen and oxygen atoms in total. The molecule has 1 N–H and O–H groups in total. The van der Waals surface area contributed by atoms with Crippen molar-refractivity contribution in [1.82, 2.24) is 10.2 Å². The third-order valence-electron chi connectivity index (χ3n) is 5.93. The number of carbonyl (C=O) groups excluding carboxylic acids is 2. The molecule has 0 bridgehead atoms. The molecule has 3 aromatic carbocycles. The molecule has 0 aliphatic carbocycles. The number of hydrogen-bond donors (Lipinski definition) is 1. The number of nitrogens with one attached hydrogen (secondary N) is 1. The average Bonchev–Trinajstić information content (AvgIpc) is 2.91. The first kappa shape index (κ1) is 30.9. The molecule has 3 rings (SSSR count). The van der Waals surface area contributed by atoms with Gasteiger partial charge in [-0.1, -0.05) is 89.4 Å². The first-order valence-corrected chi connectivity index (χ1v) is 15.2. The van der Waals surface area contributed by atoms with Crippen molar-refractivity contribution in [2.45, 2.75) is 38.3 Å². The van der Waals surface area contributed by atoms with Gasteiger partial charge in [-0.05, 0) is 54.8 Å². The topological polar surface area (TPSA) is 86.8 Å². The highest BCUT2D eigenvalue weighted by molar-refractivity contribution is 9.10. The highest BCUT2D eigenvalue weighted by Gasteiger charge is 2.33. The Kier molecular flexibility index (Phi) is 10.8. The Bertz CT molecular complexity index is 1400.